The molecule has 4 rings (SSSR count). The number of carboxylic acids is 1. The zero-order chi connectivity index (χ0) is 13.7. The molecule has 2 heterocycles. The maximum absolute atomic E-state index is 11.3. The van der Waals surface area contributed by atoms with Crippen LogP contribution < -0.4 is 0 Å². The van der Waals surface area contributed by atoms with E-state index >= 15 is 0 Å². The average Bonchev–Trinajstić information content (AvgIpc) is 3.09. The maximum atomic E-state index is 11.3. The van der Waals surface area contributed by atoms with Gasteiger partial charge in [0.15, 0.2) is 4.96 Å². The summed E-state index contributed by atoms with van der Waals surface area (Å²) in [6.45, 7) is 0. The van der Waals surface area contributed by atoms with Gasteiger partial charge in [-0.2, -0.15) is 0 Å². The van der Waals surface area contributed by atoms with Gasteiger partial charge in [0.2, 0.25) is 0 Å². The third-order valence-corrected chi connectivity index (χ3v) is 4.65. The average molecular weight is 284 g/mol. The van der Waals surface area contributed by atoms with E-state index in [-0.39, 0.29) is 0 Å². The van der Waals surface area contributed by atoms with Gasteiger partial charge in [-0.1, -0.05) is 41.7 Å². The van der Waals surface area contributed by atoms with Crippen LogP contribution in [0.2, 0.25) is 0 Å². The minimum atomic E-state index is -0.844. The molecule has 0 amide bonds. The Balaban J connectivity index is 1.91. The third kappa shape index (κ3) is 1.74. The number of aromatic carboxylic acids is 1. The number of aromatic nitrogens is 2. The van der Waals surface area contributed by atoms with Gasteiger partial charge < -0.3 is 5.11 Å². The second-order valence-electron chi connectivity index (χ2n) is 5.04. The van der Waals surface area contributed by atoms with E-state index in [1.54, 1.807) is 0 Å². The van der Waals surface area contributed by atoms with Crippen LogP contribution in [0.25, 0.3) is 16.2 Å². The Labute approximate surface area is 119 Å². The van der Waals surface area contributed by atoms with E-state index in [1.165, 1.54) is 11.3 Å². The Hall–Kier alpha value is -2.14. The molecular weight excluding hydrogens is 272 g/mol. The van der Waals surface area contributed by atoms with Crippen LogP contribution in [0.4, 0.5) is 0 Å². The third-order valence-electron chi connectivity index (χ3n) is 3.59. The first-order chi connectivity index (χ1) is 9.74. The quantitative estimate of drug-likeness (QED) is 0.799. The molecule has 3 aromatic rings. The SMILES string of the molecule is O=C(O)c1sc2nc(-c3ccccc3)cn2c1C1CC1. The molecule has 0 spiro atoms. The van der Waals surface area contributed by atoms with E-state index in [1.807, 2.05) is 40.9 Å². The molecule has 0 aliphatic heterocycles. The number of thiazole rings is 1. The molecule has 1 fully saturated rings. The fourth-order valence-electron chi connectivity index (χ4n) is 2.50. The van der Waals surface area contributed by atoms with Crippen molar-refractivity contribution < 1.29 is 9.90 Å². The second-order valence-corrected chi connectivity index (χ2v) is 6.02. The molecule has 100 valence electrons. The molecule has 0 saturated heterocycles. The fourth-order valence-corrected chi connectivity index (χ4v) is 3.53. The monoisotopic (exact) mass is 284 g/mol. The Morgan fingerprint density at radius 1 is 1.30 bits per heavy atom. The highest BCUT2D eigenvalue weighted by atomic mass is 32.1. The van der Waals surface area contributed by atoms with Crippen LogP contribution in [0, 0.1) is 0 Å². The molecule has 2 aromatic heterocycles. The number of rotatable bonds is 3. The summed E-state index contributed by atoms with van der Waals surface area (Å²) in [4.78, 5) is 17.1. The highest BCUT2D eigenvalue weighted by Gasteiger charge is 2.33. The van der Waals surface area contributed by atoms with Crippen molar-refractivity contribution in [3.63, 3.8) is 0 Å². The maximum Gasteiger partial charge on any atom is 0.347 e. The van der Waals surface area contributed by atoms with Gasteiger partial charge >= 0.3 is 5.97 Å². The number of imidazole rings is 1. The lowest BCUT2D eigenvalue weighted by Crippen LogP contribution is -1.99. The Morgan fingerprint density at radius 3 is 2.70 bits per heavy atom. The summed E-state index contributed by atoms with van der Waals surface area (Å²) < 4.78 is 1.97. The van der Waals surface area contributed by atoms with Gasteiger partial charge in [-0.05, 0) is 12.8 Å². The Bertz CT molecular complexity index is 800. The largest absolute Gasteiger partial charge is 0.477 e. The first-order valence-corrected chi connectivity index (χ1v) is 7.36. The molecule has 1 aliphatic carbocycles. The van der Waals surface area contributed by atoms with Gasteiger partial charge in [-0.3, -0.25) is 4.40 Å². The lowest BCUT2D eigenvalue weighted by molar-refractivity contribution is 0.0700. The molecule has 0 unspecified atom stereocenters. The number of nitrogens with zero attached hydrogens (tertiary/aromatic N) is 2. The standard InChI is InChI=1S/C15H12N2O2S/c18-14(19)13-12(10-6-7-10)17-8-11(16-15(17)20-13)9-4-2-1-3-5-9/h1-5,8,10H,6-7H2,(H,18,19). The van der Waals surface area contributed by atoms with Gasteiger partial charge in [0, 0.05) is 17.7 Å². The van der Waals surface area contributed by atoms with Crippen molar-refractivity contribution in [2.75, 3.05) is 0 Å². The van der Waals surface area contributed by atoms with Gasteiger partial charge in [-0.15, -0.1) is 0 Å². The predicted molar refractivity (Wildman–Crippen MR) is 77.4 cm³/mol. The van der Waals surface area contributed by atoms with Gasteiger partial charge in [0.05, 0.1) is 11.4 Å². The second kappa shape index (κ2) is 4.18. The number of carboxylic acid groups (broad SMARTS) is 1. The van der Waals surface area contributed by atoms with Gasteiger partial charge in [0.25, 0.3) is 0 Å². The molecule has 1 aromatic carbocycles. The summed E-state index contributed by atoms with van der Waals surface area (Å²) in [7, 11) is 0. The highest BCUT2D eigenvalue weighted by Crippen LogP contribution is 2.44. The molecule has 0 atom stereocenters. The zero-order valence-corrected chi connectivity index (χ0v) is 11.4. The number of hydrogen-bond acceptors (Lipinski definition) is 3. The number of benzene rings is 1. The van der Waals surface area contributed by atoms with Crippen molar-refractivity contribution in [2.45, 2.75) is 18.8 Å². The minimum absolute atomic E-state index is 0.382. The van der Waals surface area contributed by atoms with E-state index in [4.69, 9.17) is 0 Å². The van der Waals surface area contributed by atoms with E-state index in [9.17, 15) is 9.90 Å². The van der Waals surface area contributed by atoms with Gasteiger partial charge in [-0.25, -0.2) is 9.78 Å². The smallest absolute Gasteiger partial charge is 0.347 e. The Morgan fingerprint density at radius 2 is 2.05 bits per heavy atom. The fraction of sp³-hybridized carbons (Fsp3) is 0.200. The summed E-state index contributed by atoms with van der Waals surface area (Å²) in [6, 6.07) is 9.96. The van der Waals surface area contributed by atoms with Crippen LogP contribution in [0.5, 0.6) is 0 Å². The molecule has 1 N–H and O–H groups in total. The van der Waals surface area contributed by atoms with Crippen molar-refractivity contribution in [2.24, 2.45) is 0 Å². The topological polar surface area (TPSA) is 54.6 Å². The molecular formula is C15H12N2O2S. The van der Waals surface area contributed by atoms with Crippen LogP contribution in [0.15, 0.2) is 36.5 Å². The summed E-state index contributed by atoms with van der Waals surface area (Å²) in [5, 5.41) is 9.32. The molecule has 0 radical (unpaired) electrons. The first-order valence-electron chi connectivity index (χ1n) is 6.54. The molecule has 1 aliphatic rings. The van der Waals surface area contributed by atoms with Crippen molar-refractivity contribution in [3.8, 4) is 11.3 Å². The lowest BCUT2D eigenvalue weighted by atomic mass is 10.2. The van der Waals surface area contributed by atoms with E-state index in [0.717, 1.165) is 34.8 Å². The van der Waals surface area contributed by atoms with E-state index in [0.29, 0.717) is 10.8 Å². The molecule has 5 heteroatoms. The van der Waals surface area contributed by atoms with E-state index in [2.05, 4.69) is 4.98 Å². The number of carbonyl (C=O) groups is 1. The van der Waals surface area contributed by atoms with Crippen molar-refractivity contribution in [1.29, 1.82) is 0 Å². The molecule has 20 heavy (non-hydrogen) atoms. The summed E-state index contributed by atoms with van der Waals surface area (Å²) >= 11 is 1.27. The number of fused-ring (bicyclic) bond motifs is 1. The predicted octanol–water partition coefficient (Wildman–Crippen LogP) is 3.64. The van der Waals surface area contributed by atoms with Gasteiger partial charge in [0.1, 0.15) is 4.88 Å². The number of hydrogen-bond donors (Lipinski definition) is 1. The summed E-state index contributed by atoms with van der Waals surface area (Å²) in [5.41, 5.74) is 2.88. The Kier molecular flexibility index (Phi) is 2.44. The van der Waals surface area contributed by atoms with E-state index < -0.39 is 5.97 Å². The van der Waals surface area contributed by atoms with Crippen LogP contribution >= 0.6 is 11.3 Å². The highest BCUT2D eigenvalue weighted by molar-refractivity contribution is 7.19. The van der Waals surface area contributed by atoms with Crippen LogP contribution in [0.1, 0.15) is 34.1 Å². The minimum Gasteiger partial charge on any atom is -0.477 e. The molecule has 0 bridgehead atoms. The van der Waals surface area contributed by atoms with Crippen LogP contribution in [0.3, 0.4) is 0 Å². The lowest BCUT2D eigenvalue weighted by Gasteiger charge is -1.98. The molecule has 1 saturated carbocycles. The normalized spacial score (nSPS) is 14.8. The first kappa shape index (κ1) is 11.7. The summed E-state index contributed by atoms with van der Waals surface area (Å²) in [6.07, 6.45) is 4.11. The van der Waals surface area contributed by atoms with Crippen LogP contribution in [-0.4, -0.2) is 20.5 Å². The zero-order valence-electron chi connectivity index (χ0n) is 10.6. The van der Waals surface area contributed by atoms with Crippen molar-refractivity contribution in [3.05, 3.63) is 47.1 Å². The molecule has 4 nitrogen and oxygen atoms in total. The van der Waals surface area contributed by atoms with Crippen LogP contribution in [-0.2, 0) is 0 Å². The van der Waals surface area contributed by atoms with Crippen molar-refractivity contribution in [1.82, 2.24) is 9.38 Å². The van der Waals surface area contributed by atoms with Crippen molar-refractivity contribution >= 4 is 22.3 Å². The summed E-state index contributed by atoms with van der Waals surface area (Å²) in [5.74, 6) is -0.462.